The molecule has 0 aliphatic carbocycles. The first-order valence-corrected chi connectivity index (χ1v) is 7.34. The highest BCUT2D eigenvalue weighted by molar-refractivity contribution is 6.06. The molecule has 1 saturated heterocycles. The van der Waals surface area contributed by atoms with Crippen LogP contribution in [0.5, 0.6) is 0 Å². The Hall–Kier alpha value is -2.47. The molecule has 1 aliphatic heterocycles. The number of amides is 1. The highest BCUT2D eigenvalue weighted by Crippen LogP contribution is 2.27. The third kappa shape index (κ3) is 3.32. The van der Waals surface area contributed by atoms with Crippen LogP contribution in [0.4, 0.5) is 20.2 Å². The van der Waals surface area contributed by atoms with E-state index in [9.17, 15) is 13.6 Å². The number of carbonyl (C=O) groups excluding carboxylic acids is 1. The summed E-state index contributed by atoms with van der Waals surface area (Å²) in [6.07, 6.45) is 0. The summed E-state index contributed by atoms with van der Waals surface area (Å²) in [5.41, 5.74) is 0.743. The second-order valence-corrected chi connectivity index (χ2v) is 5.17. The summed E-state index contributed by atoms with van der Waals surface area (Å²) in [5, 5.41) is 2.60. The third-order valence-electron chi connectivity index (χ3n) is 3.69. The van der Waals surface area contributed by atoms with Crippen molar-refractivity contribution in [1.29, 1.82) is 0 Å². The summed E-state index contributed by atoms with van der Waals surface area (Å²) in [7, 11) is 0. The van der Waals surface area contributed by atoms with Gasteiger partial charge in [-0.25, -0.2) is 8.78 Å². The number of para-hydroxylation sites is 2. The molecule has 3 rings (SSSR count). The van der Waals surface area contributed by atoms with E-state index in [-0.39, 0.29) is 0 Å². The molecule has 1 N–H and O–H groups in total. The van der Waals surface area contributed by atoms with Crippen molar-refractivity contribution in [2.24, 2.45) is 0 Å². The van der Waals surface area contributed by atoms with Crippen LogP contribution in [-0.4, -0.2) is 32.2 Å². The van der Waals surface area contributed by atoms with Gasteiger partial charge in [0, 0.05) is 13.1 Å². The number of nitrogens with zero attached hydrogens (tertiary/aromatic N) is 1. The Bertz CT molecular complexity index is 695. The molecule has 0 aromatic heterocycles. The van der Waals surface area contributed by atoms with E-state index in [0.717, 1.165) is 17.8 Å². The van der Waals surface area contributed by atoms with Crippen molar-refractivity contribution in [2.45, 2.75) is 0 Å². The average molecular weight is 318 g/mol. The lowest BCUT2D eigenvalue weighted by Gasteiger charge is -2.30. The molecule has 1 amide bonds. The van der Waals surface area contributed by atoms with Crippen molar-refractivity contribution in [3.05, 3.63) is 59.7 Å². The van der Waals surface area contributed by atoms with E-state index in [1.807, 2.05) is 12.1 Å². The van der Waals surface area contributed by atoms with E-state index in [1.54, 1.807) is 12.1 Å². The first kappa shape index (κ1) is 15.4. The Morgan fingerprint density at radius 1 is 1.00 bits per heavy atom. The second kappa shape index (κ2) is 6.75. The van der Waals surface area contributed by atoms with Gasteiger partial charge in [0.1, 0.15) is 17.2 Å². The van der Waals surface area contributed by atoms with Gasteiger partial charge in [0.25, 0.3) is 5.91 Å². The topological polar surface area (TPSA) is 41.6 Å². The molecule has 2 aromatic carbocycles. The molecule has 0 bridgehead atoms. The number of nitrogens with one attached hydrogen (secondary N) is 1. The molecule has 0 radical (unpaired) electrons. The van der Waals surface area contributed by atoms with E-state index in [2.05, 4.69) is 10.2 Å². The number of anilines is 2. The van der Waals surface area contributed by atoms with Crippen LogP contribution in [0.1, 0.15) is 10.4 Å². The summed E-state index contributed by atoms with van der Waals surface area (Å²) in [6, 6.07) is 10.5. The zero-order valence-corrected chi connectivity index (χ0v) is 12.4. The molecule has 1 aliphatic rings. The Morgan fingerprint density at radius 3 is 2.35 bits per heavy atom. The molecule has 0 spiro atoms. The highest BCUT2D eigenvalue weighted by atomic mass is 19.1. The fraction of sp³-hybridized carbons (Fsp3) is 0.235. The fourth-order valence-corrected chi connectivity index (χ4v) is 2.56. The summed E-state index contributed by atoms with van der Waals surface area (Å²) in [6.45, 7) is 2.59. The van der Waals surface area contributed by atoms with E-state index < -0.39 is 23.1 Å². The van der Waals surface area contributed by atoms with Gasteiger partial charge in [0.05, 0.1) is 24.6 Å². The molecule has 0 atom stereocenters. The summed E-state index contributed by atoms with van der Waals surface area (Å²) >= 11 is 0. The molecular formula is C17H16F2N2O2. The minimum absolute atomic E-state index is 0.516. The van der Waals surface area contributed by atoms with Crippen LogP contribution in [0, 0.1) is 11.6 Å². The Balaban J connectivity index is 1.87. The number of morpholine rings is 1. The van der Waals surface area contributed by atoms with Crippen LogP contribution in [0.15, 0.2) is 42.5 Å². The van der Waals surface area contributed by atoms with Crippen molar-refractivity contribution in [3.8, 4) is 0 Å². The molecule has 120 valence electrons. The van der Waals surface area contributed by atoms with Gasteiger partial charge in [-0.05, 0) is 24.3 Å². The largest absolute Gasteiger partial charge is 0.378 e. The van der Waals surface area contributed by atoms with Crippen LogP contribution in [0.2, 0.25) is 0 Å². The van der Waals surface area contributed by atoms with Crippen molar-refractivity contribution < 1.29 is 18.3 Å². The van der Waals surface area contributed by atoms with Crippen LogP contribution < -0.4 is 10.2 Å². The summed E-state index contributed by atoms with van der Waals surface area (Å²) < 4.78 is 32.8. The third-order valence-corrected chi connectivity index (χ3v) is 3.69. The number of carbonyl (C=O) groups is 1. The van der Waals surface area contributed by atoms with E-state index >= 15 is 0 Å². The number of hydrogen-bond acceptors (Lipinski definition) is 3. The van der Waals surface area contributed by atoms with E-state index in [0.29, 0.717) is 32.0 Å². The minimum atomic E-state index is -0.883. The smallest absolute Gasteiger partial charge is 0.261 e. The maximum absolute atomic E-state index is 13.7. The molecule has 0 unspecified atom stereocenters. The van der Waals surface area contributed by atoms with Gasteiger partial charge in [-0.2, -0.15) is 0 Å². The monoisotopic (exact) mass is 318 g/mol. The Morgan fingerprint density at radius 2 is 1.65 bits per heavy atom. The zero-order chi connectivity index (χ0) is 16.2. The molecule has 0 saturated carbocycles. The minimum Gasteiger partial charge on any atom is -0.378 e. The fourth-order valence-electron chi connectivity index (χ4n) is 2.56. The Kier molecular flexibility index (Phi) is 4.52. The Labute approximate surface area is 132 Å². The van der Waals surface area contributed by atoms with Crippen LogP contribution in [0.3, 0.4) is 0 Å². The van der Waals surface area contributed by atoms with Crippen molar-refractivity contribution in [2.75, 3.05) is 36.5 Å². The highest BCUT2D eigenvalue weighted by Gasteiger charge is 2.20. The molecule has 1 fully saturated rings. The SMILES string of the molecule is O=C(Nc1ccccc1N1CCOCC1)c1c(F)cccc1F. The molecule has 2 aromatic rings. The number of benzene rings is 2. The lowest BCUT2D eigenvalue weighted by molar-refractivity contribution is 0.101. The molecule has 4 nitrogen and oxygen atoms in total. The normalized spacial score (nSPS) is 14.6. The van der Waals surface area contributed by atoms with Crippen molar-refractivity contribution in [1.82, 2.24) is 0 Å². The summed E-state index contributed by atoms with van der Waals surface area (Å²) in [5.74, 6) is -2.57. The van der Waals surface area contributed by atoms with Gasteiger partial charge in [-0.1, -0.05) is 18.2 Å². The van der Waals surface area contributed by atoms with Gasteiger partial charge in [-0.15, -0.1) is 0 Å². The lowest BCUT2D eigenvalue weighted by Crippen LogP contribution is -2.36. The van der Waals surface area contributed by atoms with Crippen LogP contribution in [0.25, 0.3) is 0 Å². The van der Waals surface area contributed by atoms with E-state index in [4.69, 9.17) is 4.74 Å². The first-order chi connectivity index (χ1) is 11.2. The molecule has 1 heterocycles. The molecule has 6 heteroatoms. The van der Waals surface area contributed by atoms with Gasteiger partial charge < -0.3 is 15.0 Å². The summed E-state index contributed by atoms with van der Waals surface area (Å²) in [4.78, 5) is 14.3. The number of halogens is 2. The van der Waals surface area contributed by atoms with Crippen molar-refractivity contribution in [3.63, 3.8) is 0 Å². The average Bonchev–Trinajstić information content (AvgIpc) is 2.56. The van der Waals surface area contributed by atoms with E-state index in [1.165, 1.54) is 6.07 Å². The van der Waals surface area contributed by atoms with Gasteiger partial charge >= 0.3 is 0 Å². The molecular weight excluding hydrogens is 302 g/mol. The van der Waals surface area contributed by atoms with Gasteiger partial charge in [-0.3, -0.25) is 4.79 Å². The maximum Gasteiger partial charge on any atom is 0.261 e. The standard InChI is InChI=1S/C17H16F2N2O2/c18-12-4-3-5-13(19)16(12)17(22)20-14-6-1-2-7-15(14)21-8-10-23-11-9-21/h1-7H,8-11H2,(H,20,22). The van der Waals surface area contributed by atoms with Gasteiger partial charge in [0.15, 0.2) is 0 Å². The first-order valence-electron chi connectivity index (χ1n) is 7.34. The van der Waals surface area contributed by atoms with Crippen LogP contribution in [-0.2, 0) is 4.74 Å². The maximum atomic E-state index is 13.7. The van der Waals surface area contributed by atoms with Gasteiger partial charge in [0.2, 0.25) is 0 Å². The van der Waals surface area contributed by atoms with Crippen LogP contribution >= 0.6 is 0 Å². The number of hydrogen-bond donors (Lipinski definition) is 1. The molecule has 23 heavy (non-hydrogen) atoms. The predicted molar refractivity (Wildman–Crippen MR) is 83.8 cm³/mol. The number of rotatable bonds is 3. The second-order valence-electron chi connectivity index (χ2n) is 5.17. The number of ether oxygens (including phenoxy) is 1. The lowest BCUT2D eigenvalue weighted by atomic mass is 10.1. The van der Waals surface area contributed by atoms with Crippen molar-refractivity contribution >= 4 is 17.3 Å². The quantitative estimate of drug-likeness (QED) is 0.946. The zero-order valence-electron chi connectivity index (χ0n) is 12.4. The predicted octanol–water partition coefficient (Wildman–Crippen LogP) is 3.05.